The Bertz CT molecular complexity index is 1390. The molecule has 0 radical (unpaired) electrons. The minimum atomic E-state index is -0.397. The fraction of sp³-hybridized carbons (Fsp3) is 0.533. The van der Waals surface area contributed by atoms with Crippen molar-refractivity contribution in [3.8, 4) is 17.3 Å². The second-order valence-corrected chi connectivity index (χ2v) is 12.1. The maximum absolute atomic E-state index is 13.5. The smallest absolute Gasteiger partial charge is 0.240 e. The van der Waals surface area contributed by atoms with Crippen molar-refractivity contribution in [2.45, 2.75) is 64.8 Å². The van der Waals surface area contributed by atoms with Gasteiger partial charge in [-0.3, -0.25) is 10.1 Å². The molecule has 9 nitrogen and oxygen atoms in total. The molecule has 3 saturated heterocycles. The number of likely N-dealkylation sites (tertiary alicyclic amines) is 1. The van der Waals surface area contributed by atoms with Crippen LogP contribution in [0.15, 0.2) is 36.7 Å². The number of piperidine rings is 1. The summed E-state index contributed by atoms with van der Waals surface area (Å²) >= 11 is 0. The first-order valence-corrected chi connectivity index (χ1v) is 14.1. The van der Waals surface area contributed by atoms with E-state index in [1.807, 2.05) is 17.3 Å². The van der Waals surface area contributed by atoms with Gasteiger partial charge in [0.15, 0.2) is 5.65 Å². The maximum Gasteiger partial charge on any atom is 0.240 e. The molecule has 5 heterocycles. The van der Waals surface area contributed by atoms with Crippen molar-refractivity contribution in [2.24, 2.45) is 11.3 Å². The summed E-state index contributed by atoms with van der Waals surface area (Å²) in [6.45, 7) is 9.66. The van der Waals surface area contributed by atoms with Gasteiger partial charge in [0.05, 0.1) is 24.0 Å². The molecule has 0 bridgehead atoms. The molecule has 3 fully saturated rings. The van der Waals surface area contributed by atoms with Gasteiger partial charge in [-0.05, 0) is 43.2 Å². The van der Waals surface area contributed by atoms with Gasteiger partial charge >= 0.3 is 0 Å². The number of amides is 1. The van der Waals surface area contributed by atoms with E-state index in [1.54, 1.807) is 0 Å². The Labute approximate surface area is 229 Å². The first-order valence-electron chi connectivity index (χ1n) is 14.1. The van der Waals surface area contributed by atoms with Crippen molar-refractivity contribution < 1.29 is 9.53 Å². The molecule has 0 saturated carbocycles. The summed E-state index contributed by atoms with van der Waals surface area (Å²) in [6, 6.07) is 10.5. The molecule has 9 heteroatoms. The Kier molecular flexibility index (Phi) is 6.77. The highest BCUT2D eigenvalue weighted by Gasteiger charge is 2.47. The van der Waals surface area contributed by atoms with Crippen molar-refractivity contribution >= 4 is 22.8 Å². The number of rotatable bonds is 6. The molecule has 39 heavy (non-hydrogen) atoms. The van der Waals surface area contributed by atoms with E-state index in [1.165, 1.54) is 18.5 Å². The maximum atomic E-state index is 13.5. The normalized spacial score (nSPS) is 22.7. The second kappa shape index (κ2) is 10.2. The average molecular weight is 528 g/mol. The van der Waals surface area contributed by atoms with Crippen LogP contribution in [0.4, 0.5) is 5.69 Å². The Morgan fingerprint density at radius 3 is 2.69 bits per heavy atom. The number of anilines is 1. The van der Waals surface area contributed by atoms with Crippen molar-refractivity contribution in [3.05, 3.63) is 42.2 Å². The molecule has 0 spiro atoms. The van der Waals surface area contributed by atoms with Crippen LogP contribution in [0.2, 0.25) is 0 Å². The zero-order valence-corrected chi connectivity index (χ0v) is 23.0. The quantitative estimate of drug-likeness (QED) is 0.457. The summed E-state index contributed by atoms with van der Waals surface area (Å²) in [4.78, 5) is 30.7. The fourth-order valence-corrected chi connectivity index (χ4v) is 5.85. The van der Waals surface area contributed by atoms with Gasteiger partial charge < -0.3 is 19.5 Å². The number of epoxide rings is 1. The van der Waals surface area contributed by atoms with E-state index in [2.05, 4.69) is 71.3 Å². The van der Waals surface area contributed by atoms with Crippen molar-refractivity contribution in [3.63, 3.8) is 0 Å². The van der Waals surface area contributed by atoms with Gasteiger partial charge in [0.1, 0.15) is 17.8 Å². The molecule has 2 N–H and O–H groups in total. The lowest BCUT2D eigenvalue weighted by atomic mass is 9.85. The van der Waals surface area contributed by atoms with Crippen LogP contribution in [0.3, 0.4) is 0 Å². The zero-order chi connectivity index (χ0) is 27.1. The minimum Gasteiger partial charge on any atom is -0.372 e. The Morgan fingerprint density at radius 2 is 1.97 bits per heavy atom. The monoisotopic (exact) mass is 527 g/mol. The lowest BCUT2D eigenvalue weighted by molar-refractivity contribution is -0.137. The van der Waals surface area contributed by atoms with Crippen LogP contribution < -0.4 is 10.2 Å². The van der Waals surface area contributed by atoms with Gasteiger partial charge in [-0.25, -0.2) is 9.97 Å². The number of carbonyl (C=O) groups is 1. The van der Waals surface area contributed by atoms with E-state index >= 15 is 0 Å². The predicted octanol–water partition coefficient (Wildman–Crippen LogP) is 4.39. The third-order valence-corrected chi connectivity index (χ3v) is 8.25. The number of hydrogen-bond donors (Lipinski definition) is 2. The summed E-state index contributed by atoms with van der Waals surface area (Å²) in [5, 5.41) is 12.7. The largest absolute Gasteiger partial charge is 0.372 e. The number of aromatic amines is 1. The minimum absolute atomic E-state index is 0.0433. The molecule has 3 aliphatic rings. The molecule has 204 valence electrons. The number of nitrogens with one attached hydrogen (secondary N) is 2. The van der Waals surface area contributed by atoms with Crippen molar-refractivity contribution in [2.75, 3.05) is 31.1 Å². The van der Waals surface area contributed by atoms with E-state index in [9.17, 15) is 10.1 Å². The predicted molar refractivity (Wildman–Crippen MR) is 150 cm³/mol. The van der Waals surface area contributed by atoms with Gasteiger partial charge in [0.2, 0.25) is 5.91 Å². The van der Waals surface area contributed by atoms with Crippen LogP contribution in [-0.4, -0.2) is 64.2 Å². The number of benzene rings is 1. The number of ether oxygens (including phenoxy) is 1. The molecule has 3 unspecified atom stereocenters. The third kappa shape index (κ3) is 5.23. The second-order valence-electron chi connectivity index (χ2n) is 12.1. The van der Waals surface area contributed by atoms with Crippen LogP contribution in [0, 0.1) is 22.7 Å². The van der Waals surface area contributed by atoms with E-state index in [0.717, 1.165) is 53.9 Å². The molecule has 0 aliphatic carbocycles. The van der Waals surface area contributed by atoms with Crippen LogP contribution >= 0.6 is 0 Å². The van der Waals surface area contributed by atoms with Crippen molar-refractivity contribution in [1.82, 2.24) is 25.2 Å². The topological polar surface area (TPSA) is 113 Å². The average Bonchev–Trinajstić information content (AvgIpc) is 3.30. The fourth-order valence-electron chi connectivity index (χ4n) is 5.85. The molecule has 3 aliphatic heterocycles. The van der Waals surface area contributed by atoms with Gasteiger partial charge in [-0.1, -0.05) is 32.9 Å². The molecule has 1 aromatic carbocycles. The van der Waals surface area contributed by atoms with Gasteiger partial charge in [-0.2, -0.15) is 5.26 Å². The highest BCUT2D eigenvalue weighted by atomic mass is 16.6. The summed E-state index contributed by atoms with van der Waals surface area (Å²) in [5.74, 6) is 0.119. The number of H-pyrrole nitrogens is 1. The highest BCUT2D eigenvalue weighted by Crippen LogP contribution is 2.41. The van der Waals surface area contributed by atoms with Crippen LogP contribution in [0.1, 0.15) is 58.1 Å². The number of hydrogen-bond acceptors (Lipinski definition) is 7. The number of nitriles is 1. The molecule has 3 atom stereocenters. The summed E-state index contributed by atoms with van der Waals surface area (Å²) < 4.78 is 6.08. The number of aromatic nitrogens is 3. The molecule has 3 aromatic rings. The summed E-state index contributed by atoms with van der Waals surface area (Å²) in [5.41, 5.74) is 5.28. The van der Waals surface area contributed by atoms with Crippen LogP contribution in [0.25, 0.3) is 22.4 Å². The van der Waals surface area contributed by atoms with Gasteiger partial charge in [0.25, 0.3) is 0 Å². The van der Waals surface area contributed by atoms with E-state index < -0.39 is 6.04 Å². The lowest BCUT2D eigenvalue weighted by Crippen LogP contribution is -2.55. The number of nitrogens with zero attached hydrogens (tertiary/aromatic N) is 5. The zero-order valence-electron chi connectivity index (χ0n) is 23.0. The highest BCUT2D eigenvalue weighted by molar-refractivity contribution is 5.83. The first kappa shape index (κ1) is 25.8. The van der Waals surface area contributed by atoms with Gasteiger partial charge in [0, 0.05) is 55.1 Å². The van der Waals surface area contributed by atoms with Crippen LogP contribution in [-0.2, 0) is 9.53 Å². The molecule has 1 amide bonds. The molecular weight excluding hydrogens is 490 g/mol. The van der Waals surface area contributed by atoms with Crippen LogP contribution in [0.5, 0.6) is 0 Å². The number of fused-ring (bicyclic) bond motifs is 1. The summed E-state index contributed by atoms with van der Waals surface area (Å²) in [7, 11) is 0. The lowest BCUT2D eigenvalue weighted by Gasteiger charge is -2.37. The molecular formula is C30H37N7O2. The van der Waals surface area contributed by atoms with E-state index in [0.29, 0.717) is 13.1 Å². The molecule has 2 aromatic heterocycles. The van der Waals surface area contributed by atoms with E-state index in [-0.39, 0.29) is 29.6 Å². The van der Waals surface area contributed by atoms with Crippen molar-refractivity contribution in [1.29, 1.82) is 5.26 Å². The Morgan fingerprint density at radius 1 is 1.21 bits per heavy atom. The van der Waals surface area contributed by atoms with Gasteiger partial charge in [-0.15, -0.1) is 0 Å². The summed E-state index contributed by atoms with van der Waals surface area (Å²) in [6.07, 6.45) is 7.19. The SMILES string of the molecule is CC(C)(C)C(NC1OC1c1c[nH]c2ncc(-c3cccc(N4CCCC4)c3)nc12)C(=O)N1CCC(C#N)CC1. The Balaban J connectivity index is 1.19. The third-order valence-electron chi connectivity index (χ3n) is 8.25. The standard InChI is InChI=1S/C30H37N7O2/c1-30(2,3)26(29(38)37-13-9-19(16-31)10-14-37)35-28-25(39-28)22-17-32-27-24(22)34-23(18-33-27)20-7-6-8-21(15-20)36-11-4-5-12-36/h6-8,15,17-19,25-26,28,35H,4-5,9-14H2,1-3H3,(H,32,33). The Hall–Kier alpha value is -3.48. The molecule has 6 rings (SSSR count). The van der Waals surface area contributed by atoms with E-state index in [4.69, 9.17) is 9.72 Å². The number of carbonyl (C=O) groups excluding carboxylic acids is 1. The first-order chi connectivity index (χ1) is 18.8.